The van der Waals surface area contributed by atoms with Crippen LogP contribution in [0.25, 0.3) is 11.3 Å². The molecule has 0 radical (unpaired) electrons. The fraction of sp³-hybridized carbons (Fsp3) is 0.333. The summed E-state index contributed by atoms with van der Waals surface area (Å²) in [5, 5.41) is 5.90. The van der Waals surface area contributed by atoms with E-state index >= 15 is 0 Å². The molecule has 0 saturated heterocycles. The highest BCUT2D eigenvalue weighted by Crippen LogP contribution is 2.38. The van der Waals surface area contributed by atoms with Gasteiger partial charge in [-0.15, -0.1) is 0 Å². The largest absolute Gasteiger partial charge is 0.456 e. The number of amides is 1. The van der Waals surface area contributed by atoms with Crippen LogP contribution in [0.3, 0.4) is 0 Å². The number of aryl methyl sites for hydroxylation is 1. The highest BCUT2D eigenvalue weighted by Gasteiger charge is 2.32. The smallest absolute Gasteiger partial charge is 0.215 e. The van der Waals surface area contributed by atoms with E-state index in [-0.39, 0.29) is 18.1 Å². The number of nitrogens with one attached hydrogen (secondary N) is 2. The third kappa shape index (κ3) is 2.97. The van der Waals surface area contributed by atoms with Crippen molar-refractivity contribution in [2.45, 2.75) is 32.9 Å². The first-order valence-corrected chi connectivity index (χ1v) is 7.78. The minimum atomic E-state index is -0.239. The number of nitrogens with zero attached hydrogens (tertiary/aromatic N) is 1. The first-order chi connectivity index (χ1) is 11.4. The number of pyridine rings is 1. The van der Waals surface area contributed by atoms with E-state index in [0.29, 0.717) is 24.4 Å². The van der Waals surface area contributed by atoms with Gasteiger partial charge in [0.25, 0.3) is 0 Å². The molecule has 0 fully saturated rings. The van der Waals surface area contributed by atoms with Crippen LogP contribution in [-0.2, 0) is 16.9 Å². The first-order valence-electron chi connectivity index (χ1n) is 7.78. The van der Waals surface area contributed by atoms with Crippen molar-refractivity contribution in [1.29, 1.82) is 0 Å². The molecule has 0 saturated carbocycles. The third-order valence-electron chi connectivity index (χ3n) is 4.30. The molecule has 0 bridgehead atoms. The average molecular weight is 329 g/mol. The van der Waals surface area contributed by atoms with Gasteiger partial charge < -0.3 is 15.4 Å². The topological polar surface area (TPSA) is 63.2 Å². The summed E-state index contributed by atoms with van der Waals surface area (Å²) < 4.78 is 19.1. The number of halogens is 1. The van der Waals surface area contributed by atoms with Crippen molar-refractivity contribution < 1.29 is 13.9 Å². The maximum Gasteiger partial charge on any atom is 0.215 e. The summed E-state index contributed by atoms with van der Waals surface area (Å²) in [6, 6.07) is 6.86. The minimum Gasteiger partial charge on any atom is -0.456 e. The number of fused-ring (bicyclic) bond motifs is 1. The molecule has 0 unspecified atom stereocenters. The van der Waals surface area contributed by atoms with Crippen molar-refractivity contribution in [3.05, 3.63) is 46.8 Å². The van der Waals surface area contributed by atoms with Crippen molar-refractivity contribution >= 4 is 6.41 Å². The van der Waals surface area contributed by atoms with Crippen LogP contribution in [0, 0.1) is 12.7 Å². The average Bonchev–Trinajstić information content (AvgIpc) is 2.85. The Labute approximate surface area is 140 Å². The van der Waals surface area contributed by atoms with Gasteiger partial charge in [0.05, 0.1) is 5.69 Å². The maximum absolute atomic E-state index is 13.6. The van der Waals surface area contributed by atoms with Crippen LogP contribution in [0.4, 0.5) is 4.39 Å². The summed E-state index contributed by atoms with van der Waals surface area (Å²) in [6.07, 6.45) is 0.573. The second-order valence-corrected chi connectivity index (χ2v) is 6.39. The second-order valence-electron chi connectivity index (χ2n) is 6.39. The Morgan fingerprint density at radius 2 is 2.21 bits per heavy atom. The van der Waals surface area contributed by atoms with Gasteiger partial charge in [-0.25, -0.2) is 9.37 Å². The molecule has 1 aromatic heterocycles. The molecule has 1 aromatic carbocycles. The summed E-state index contributed by atoms with van der Waals surface area (Å²) in [5.74, 6) is 0.188. The van der Waals surface area contributed by atoms with Gasteiger partial charge in [-0.1, -0.05) is 0 Å². The lowest BCUT2D eigenvalue weighted by Crippen LogP contribution is -2.28. The maximum atomic E-state index is 13.6. The second kappa shape index (κ2) is 6.20. The van der Waals surface area contributed by atoms with Crippen LogP contribution in [0.1, 0.15) is 30.5 Å². The van der Waals surface area contributed by atoms with Gasteiger partial charge in [0.2, 0.25) is 12.3 Å². The quantitative estimate of drug-likeness (QED) is 0.503. The molecule has 3 rings (SSSR count). The first kappa shape index (κ1) is 16.4. The summed E-state index contributed by atoms with van der Waals surface area (Å²) in [6.45, 7) is 6.65. The van der Waals surface area contributed by atoms with E-state index in [1.807, 2.05) is 6.07 Å². The van der Waals surface area contributed by atoms with E-state index in [0.717, 1.165) is 22.4 Å². The van der Waals surface area contributed by atoms with Crippen LogP contribution < -0.4 is 15.4 Å². The molecular formula is C18H20FN3O2. The molecule has 2 N–H and O–H groups in total. The molecule has 0 aliphatic carbocycles. The van der Waals surface area contributed by atoms with E-state index in [1.165, 1.54) is 6.07 Å². The van der Waals surface area contributed by atoms with E-state index in [1.54, 1.807) is 19.1 Å². The van der Waals surface area contributed by atoms with Gasteiger partial charge in [-0.05, 0) is 55.7 Å². The Bertz CT molecular complexity index is 790. The van der Waals surface area contributed by atoms with Crippen molar-refractivity contribution in [2.75, 3.05) is 6.73 Å². The molecular weight excluding hydrogens is 309 g/mol. The molecule has 24 heavy (non-hydrogen) atoms. The van der Waals surface area contributed by atoms with E-state index in [2.05, 4.69) is 29.5 Å². The fourth-order valence-corrected chi connectivity index (χ4v) is 2.94. The number of benzene rings is 1. The molecule has 5 nitrogen and oxygen atoms in total. The van der Waals surface area contributed by atoms with Crippen LogP contribution in [0.2, 0.25) is 0 Å². The third-order valence-corrected chi connectivity index (χ3v) is 4.30. The Hall–Kier alpha value is -2.47. The van der Waals surface area contributed by atoms with Crippen molar-refractivity contribution in [2.24, 2.45) is 0 Å². The summed E-state index contributed by atoms with van der Waals surface area (Å²) in [7, 11) is 0. The van der Waals surface area contributed by atoms with Crippen LogP contribution in [-0.4, -0.2) is 18.1 Å². The Morgan fingerprint density at radius 1 is 1.42 bits per heavy atom. The molecule has 0 spiro atoms. The summed E-state index contributed by atoms with van der Waals surface area (Å²) in [4.78, 5) is 15.0. The Kier molecular flexibility index (Phi) is 4.24. The zero-order valence-electron chi connectivity index (χ0n) is 13.9. The minimum absolute atomic E-state index is 0.0467. The number of ether oxygens (including phenoxy) is 1. The predicted molar refractivity (Wildman–Crippen MR) is 88.9 cm³/mol. The monoisotopic (exact) mass is 329 g/mol. The van der Waals surface area contributed by atoms with Crippen molar-refractivity contribution in [3.63, 3.8) is 0 Å². The van der Waals surface area contributed by atoms with Crippen LogP contribution in [0.15, 0.2) is 24.3 Å². The Balaban J connectivity index is 2.10. The van der Waals surface area contributed by atoms with Crippen LogP contribution in [0.5, 0.6) is 5.88 Å². The normalized spacial score (nSPS) is 15.0. The van der Waals surface area contributed by atoms with E-state index in [9.17, 15) is 9.18 Å². The standard InChI is InChI=1S/C18H20FN3O2/c1-11-6-12(4-5-15(11)19)17-13-8-21-18(2,3)14(13)7-16(22-17)24-10-20-9-23/h4-7,9,21H,8,10H2,1-3H3,(H,20,23). The SMILES string of the molecule is Cc1cc(-c2nc(OCNC=O)cc3c2CNC3(C)C)ccc1F. The van der Waals surface area contributed by atoms with Gasteiger partial charge in [-0.2, -0.15) is 0 Å². The highest BCUT2D eigenvalue weighted by atomic mass is 19.1. The highest BCUT2D eigenvalue weighted by molar-refractivity contribution is 5.68. The number of rotatable bonds is 5. The lowest BCUT2D eigenvalue weighted by Gasteiger charge is -2.20. The number of hydrogen-bond donors (Lipinski definition) is 2. The van der Waals surface area contributed by atoms with E-state index in [4.69, 9.17) is 4.74 Å². The zero-order chi connectivity index (χ0) is 17.3. The van der Waals surface area contributed by atoms with Gasteiger partial charge in [0.1, 0.15) is 5.82 Å². The van der Waals surface area contributed by atoms with Gasteiger partial charge >= 0.3 is 0 Å². The number of carbonyl (C=O) groups excluding carboxylic acids is 1. The Morgan fingerprint density at radius 3 is 2.92 bits per heavy atom. The molecule has 1 aliphatic rings. The van der Waals surface area contributed by atoms with Crippen molar-refractivity contribution in [1.82, 2.24) is 15.6 Å². The molecule has 2 aromatic rings. The molecule has 1 amide bonds. The summed E-state index contributed by atoms with van der Waals surface area (Å²) >= 11 is 0. The number of aromatic nitrogens is 1. The van der Waals surface area contributed by atoms with Gasteiger partial charge in [0, 0.05) is 23.7 Å². The lowest BCUT2D eigenvalue weighted by molar-refractivity contribution is -0.110. The van der Waals surface area contributed by atoms with Gasteiger partial charge in [-0.3, -0.25) is 4.79 Å². The van der Waals surface area contributed by atoms with Crippen LogP contribution >= 0.6 is 0 Å². The van der Waals surface area contributed by atoms with Gasteiger partial charge in [0.15, 0.2) is 6.73 Å². The number of carbonyl (C=O) groups is 1. The summed E-state index contributed by atoms with van der Waals surface area (Å²) in [5.41, 5.74) is 4.16. The van der Waals surface area contributed by atoms with Crippen molar-refractivity contribution in [3.8, 4) is 17.1 Å². The predicted octanol–water partition coefficient (Wildman–Crippen LogP) is 2.62. The fourth-order valence-electron chi connectivity index (χ4n) is 2.94. The molecule has 2 heterocycles. The zero-order valence-corrected chi connectivity index (χ0v) is 13.9. The lowest BCUT2D eigenvalue weighted by atomic mass is 9.92. The molecule has 126 valence electrons. The van der Waals surface area contributed by atoms with E-state index < -0.39 is 0 Å². The molecule has 0 atom stereocenters. The number of hydrogen-bond acceptors (Lipinski definition) is 4. The molecule has 1 aliphatic heterocycles. The molecule has 6 heteroatoms.